The van der Waals surface area contributed by atoms with E-state index in [0.29, 0.717) is 45.9 Å². The van der Waals surface area contributed by atoms with Crippen LogP contribution in [0.2, 0.25) is 0 Å². The largest absolute Gasteiger partial charge is 0.450 e. The maximum absolute atomic E-state index is 12.3. The summed E-state index contributed by atoms with van der Waals surface area (Å²) in [4.78, 5) is 41.1. The van der Waals surface area contributed by atoms with E-state index in [4.69, 9.17) is 4.74 Å². The smallest absolute Gasteiger partial charge is 0.409 e. The SMILES string of the molecule is CCCN(CCC)C(=O)CC(=O)N1CCN(C(=O)OCC)CC1. The Morgan fingerprint density at radius 3 is 1.91 bits per heavy atom. The molecule has 3 amide bonds. The third-order valence-corrected chi connectivity index (χ3v) is 3.80. The van der Waals surface area contributed by atoms with Gasteiger partial charge in [-0.1, -0.05) is 13.8 Å². The highest BCUT2D eigenvalue weighted by Crippen LogP contribution is 2.07. The summed E-state index contributed by atoms with van der Waals surface area (Å²) >= 11 is 0. The number of carbonyl (C=O) groups is 3. The highest BCUT2D eigenvalue weighted by Gasteiger charge is 2.26. The molecule has 0 bridgehead atoms. The lowest BCUT2D eigenvalue weighted by molar-refractivity contribution is -0.141. The molecule has 1 aliphatic heterocycles. The van der Waals surface area contributed by atoms with Crippen LogP contribution in [0.4, 0.5) is 4.79 Å². The first-order chi connectivity index (χ1) is 11.0. The average Bonchev–Trinajstić information content (AvgIpc) is 2.55. The standard InChI is InChI=1S/C16H29N3O4/c1-4-7-17(8-5-2)14(20)13-15(21)18-9-11-19(12-10-18)16(22)23-6-3/h4-13H2,1-3H3. The molecule has 0 aromatic heterocycles. The summed E-state index contributed by atoms with van der Waals surface area (Å²) in [6, 6.07) is 0. The Morgan fingerprint density at radius 1 is 0.913 bits per heavy atom. The van der Waals surface area contributed by atoms with Crippen LogP contribution in [0.3, 0.4) is 0 Å². The Morgan fingerprint density at radius 2 is 1.43 bits per heavy atom. The van der Waals surface area contributed by atoms with E-state index in [2.05, 4.69) is 0 Å². The van der Waals surface area contributed by atoms with E-state index in [0.717, 1.165) is 12.8 Å². The number of amides is 3. The molecule has 1 aliphatic rings. The van der Waals surface area contributed by atoms with Crippen LogP contribution >= 0.6 is 0 Å². The molecular formula is C16H29N3O4. The minimum Gasteiger partial charge on any atom is -0.450 e. The van der Waals surface area contributed by atoms with E-state index in [9.17, 15) is 14.4 Å². The molecule has 0 unspecified atom stereocenters. The zero-order valence-electron chi connectivity index (χ0n) is 14.5. The maximum Gasteiger partial charge on any atom is 0.409 e. The third-order valence-electron chi connectivity index (χ3n) is 3.80. The Labute approximate surface area is 138 Å². The van der Waals surface area contributed by atoms with Crippen molar-refractivity contribution in [3.63, 3.8) is 0 Å². The van der Waals surface area contributed by atoms with E-state index in [-0.39, 0.29) is 24.3 Å². The topological polar surface area (TPSA) is 70.2 Å². The van der Waals surface area contributed by atoms with Crippen LogP contribution in [0, 0.1) is 0 Å². The van der Waals surface area contributed by atoms with Crippen LogP contribution in [0.1, 0.15) is 40.0 Å². The van der Waals surface area contributed by atoms with Crippen molar-refractivity contribution in [1.82, 2.24) is 14.7 Å². The lowest BCUT2D eigenvalue weighted by Gasteiger charge is -2.34. The highest BCUT2D eigenvalue weighted by molar-refractivity contribution is 5.97. The number of nitrogens with zero attached hydrogens (tertiary/aromatic N) is 3. The van der Waals surface area contributed by atoms with Crippen molar-refractivity contribution in [1.29, 1.82) is 0 Å². The molecule has 1 rings (SSSR count). The molecule has 23 heavy (non-hydrogen) atoms. The predicted octanol–water partition coefficient (Wildman–Crippen LogP) is 1.33. The van der Waals surface area contributed by atoms with Crippen LogP contribution in [0.5, 0.6) is 0 Å². The van der Waals surface area contributed by atoms with Gasteiger partial charge >= 0.3 is 6.09 Å². The summed E-state index contributed by atoms with van der Waals surface area (Å²) in [5, 5.41) is 0. The molecule has 0 aromatic carbocycles. The molecule has 0 radical (unpaired) electrons. The summed E-state index contributed by atoms with van der Waals surface area (Å²) in [5.74, 6) is -0.262. The number of carbonyl (C=O) groups excluding carboxylic acids is 3. The molecule has 1 saturated heterocycles. The van der Waals surface area contributed by atoms with Gasteiger partial charge in [-0.05, 0) is 19.8 Å². The lowest BCUT2D eigenvalue weighted by atomic mass is 10.2. The van der Waals surface area contributed by atoms with E-state index in [1.807, 2.05) is 13.8 Å². The summed E-state index contributed by atoms with van der Waals surface area (Å²) in [5.41, 5.74) is 0. The van der Waals surface area contributed by atoms with Gasteiger partial charge in [0.2, 0.25) is 11.8 Å². The molecule has 0 aliphatic carbocycles. The second-order valence-corrected chi connectivity index (χ2v) is 5.62. The minimum atomic E-state index is -0.340. The van der Waals surface area contributed by atoms with Gasteiger partial charge in [0.15, 0.2) is 0 Å². The van der Waals surface area contributed by atoms with E-state index >= 15 is 0 Å². The first kappa shape index (κ1) is 19.3. The van der Waals surface area contributed by atoms with E-state index in [1.165, 1.54) is 0 Å². The fourth-order valence-corrected chi connectivity index (χ4v) is 2.61. The van der Waals surface area contributed by atoms with E-state index in [1.54, 1.807) is 21.6 Å². The van der Waals surface area contributed by atoms with Gasteiger partial charge in [-0.15, -0.1) is 0 Å². The second kappa shape index (κ2) is 10.1. The molecule has 7 heteroatoms. The normalized spacial score (nSPS) is 14.6. The van der Waals surface area contributed by atoms with Gasteiger partial charge in [-0.25, -0.2) is 4.79 Å². The molecule has 0 spiro atoms. The predicted molar refractivity (Wildman–Crippen MR) is 87.0 cm³/mol. The summed E-state index contributed by atoms with van der Waals surface area (Å²) in [7, 11) is 0. The molecule has 0 atom stereocenters. The van der Waals surface area contributed by atoms with Gasteiger partial charge in [0, 0.05) is 39.3 Å². The number of ether oxygens (including phenoxy) is 1. The Hall–Kier alpha value is -1.79. The molecule has 1 heterocycles. The quantitative estimate of drug-likeness (QED) is 0.661. The molecule has 1 fully saturated rings. The number of piperazine rings is 1. The number of hydrogen-bond acceptors (Lipinski definition) is 4. The fraction of sp³-hybridized carbons (Fsp3) is 0.812. The molecule has 132 valence electrons. The molecule has 0 saturated carbocycles. The van der Waals surface area contributed by atoms with Crippen LogP contribution in [0.25, 0.3) is 0 Å². The summed E-state index contributed by atoms with van der Waals surface area (Å²) in [6.07, 6.45) is 1.35. The Balaban J connectivity index is 2.44. The molecular weight excluding hydrogens is 298 g/mol. The molecule has 0 aromatic rings. The van der Waals surface area contributed by atoms with Crippen LogP contribution in [-0.2, 0) is 14.3 Å². The number of hydrogen-bond donors (Lipinski definition) is 0. The van der Waals surface area contributed by atoms with Crippen molar-refractivity contribution < 1.29 is 19.1 Å². The van der Waals surface area contributed by atoms with Crippen molar-refractivity contribution >= 4 is 17.9 Å². The first-order valence-electron chi connectivity index (χ1n) is 8.50. The fourth-order valence-electron chi connectivity index (χ4n) is 2.61. The van der Waals surface area contributed by atoms with Gasteiger partial charge in [0.25, 0.3) is 0 Å². The summed E-state index contributed by atoms with van der Waals surface area (Å²) in [6.45, 7) is 9.34. The molecule has 0 N–H and O–H groups in total. The van der Waals surface area contributed by atoms with Gasteiger partial charge in [0.05, 0.1) is 6.61 Å². The monoisotopic (exact) mass is 327 g/mol. The minimum absolute atomic E-state index is 0.0839. The lowest BCUT2D eigenvalue weighted by Crippen LogP contribution is -2.51. The van der Waals surface area contributed by atoms with Crippen molar-refractivity contribution in [2.24, 2.45) is 0 Å². The van der Waals surface area contributed by atoms with Gasteiger partial charge in [-0.2, -0.15) is 0 Å². The zero-order chi connectivity index (χ0) is 17.2. The van der Waals surface area contributed by atoms with E-state index < -0.39 is 0 Å². The van der Waals surface area contributed by atoms with Gasteiger partial charge in [-0.3, -0.25) is 9.59 Å². The average molecular weight is 327 g/mol. The Bertz CT molecular complexity index is 400. The van der Waals surface area contributed by atoms with Crippen molar-refractivity contribution in [2.45, 2.75) is 40.0 Å². The second-order valence-electron chi connectivity index (χ2n) is 5.62. The zero-order valence-corrected chi connectivity index (χ0v) is 14.5. The summed E-state index contributed by atoms with van der Waals surface area (Å²) < 4.78 is 4.95. The van der Waals surface area contributed by atoms with Crippen LogP contribution < -0.4 is 0 Å². The Kier molecular flexibility index (Phi) is 8.43. The maximum atomic E-state index is 12.3. The van der Waals surface area contributed by atoms with Crippen molar-refractivity contribution in [3.8, 4) is 0 Å². The van der Waals surface area contributed by atoms with Crippen molar-refractivity contribution in [2.75, 3.05) is 45.9 Å². The van der Waals surface area contributed by atoms with Gasteiger partial charge < -0.3 is 19.4 Å². The van der Waals surface area contributed by atoms with Gasteiger partial charge in [0.1, 0.15) is 6.42 Å². The number of rotatable bonds is 7. The van der Waals surface area contributed by atoms with Crippen LogP contribution in [0.15, 0.2) is 0 Å². The van der Waals surface area contributed by atoms with Crippen molar-refractivity contribution in [3.05, 3.63) is 0 Å². The highest BCUT2D eigenvalue weighted by atomic mass is 16.6. The molecule has 7 nitrogen and oxygen atoms in total. The van der Waals surface area contributed by atoms with Crippen LogP contribution in [-0.4, -0.2) is 78.5 Å². The third kappa shape index (κ3) is 6.08. The first-order valence-corrected chi connectivity index (χ1v) is 8.50.